The van der Waals surface area contributed by atoms with Crippen LogP contribution >= 0.6 is 39.9 Å². The molecule has 0 aromatic carbocycles. The van der Waals surface area contributed by atoms with Gasteiger partial charge in [-0.05, 0) is 27.5 Å². The van der Waals surface area contributed by atoms with Gasteiger partial charge in [0.2, 0.25) is 0 Å². The minimum Gasteiger partial charge on any atom is -0.383 e. The van der Waals surface area contributed by atoms with Crippen molar-refractivity contribution in [2.24, 2.45) is 0 Å². The van der Waals surface area contributed by atoms with Gasteiger partial charge in [0.25, 0.3) is 0 Å². The molecule has 2 nitrogen and oxygen atoms in total. The quantitative estimate of drug-likeness (QED) is 0.718. The van der Waals surface area contributed by atoms with Crippen molar-refractivity contribution in [2.45, 2.75) is 0 Å². The number of aromatic nitrogens is 1. The molecule has 1 aromatic heterocycles. The molecule has 0 bridgehead atoms. The van der Waals surface area contributed by atoms with Crippen LogP contribution in [0, 0.1) is 0 Å². The summed E-state index contributed by atoms with van der Waals surface area (Å²) in [5.41, 5.74) is 5.25. The maximum atomic E-state index is 5.25. The molecule has 1 heterocycles. The summed E-state index contributed by atoms with van der Waals surface area (Å²) in [6, 6.07) is 1.77. The highest BCUT2D eigenvalue weighted by Crippen LogP contribution is 2.17. The van der Waals surface area contributed by atoms with Crippen LogP contribution in [0.4, 0.5) is 5.82 Å². The van der Waals surface area contributed by atoms with Crippen LogP contribution in [-0.2, 0) is 0 Å². The Hall–Kier alpha value is 0.200. The minimum atomic E-state index is 0. The number of halogens is 2. The summed E-state index contributed by atoms with van der Waals surface area (Å²) in [5, 5.41) is 0. The van der Waals surface area contributed by atoms with Crippen LogP contribution in [0.5, 0.6) is 0 Å². The molecule has 5 heteroatoms. The van der Waals surface area contributed by atoms with Gasteiger partial charge in [-0.25, -0.2) is 0 Å². The second-order valence-electron chi connectivity index (χ2n) is 1.06. The van der Waals surface area contributed by atoms with Crippen LogP contribution in [-0.4, -0.2) is 4.37 Å². The van der Waals surface area contributed by atoms with E-state index >= 15 is 0 Å². The molecule has 0 aliphatic carbocycles. The van der Waals surface area contributed by atoms with Gasteiger partial charge in [-0.2, -0.15) is 4.37 Å². The van der Waals surface area contributed by atoms with E-state index in [4.69, 9.17) is 5.73 Å². The highest BCUT2D eigenvalue weighted by atomic mass is 79.9. The Morgan fingerprint density at radius 1 is 1.75 bits per heavy atom. The number of nitrogen functional groups attached to an aromatic ring is 1. The van der Waals surface area contributed by atoms with E-state index in [2.05, 4.69) is 20.3 Å². The minimum absolute atomic E-state index is 0. The van der Waals surface area contributed by atoms with Crippen molar-refractivity contribution >= 4 is 45.7 Å². The number of hydrogen-bond acceptors (Lipinski definition) is 3. The van der Waals surface area contributed by atoms with Crippen molar-refractivity contribution in [3.8, 4) is 0 Å². The van der Waals surface area contributed by atoms with Gasteiger partial charge in [-0.15, -0.1) is 12.4 Å². The third kappa shape index (κ3) is 1.98. The molecule has 46 valence electrons. The zero-order valence-corrected chi connectivity index (χ0v) is 7.02. The molecular weight excluding hydrogens is 211 g/mol. The highest BCUT2D eigenvalue weighted by Gasteiger charge is 1.88. The first-order chi connectivity index (χ1) is 3.29. The monoisotopic (exact) mass is 214 g/mol. The van der Waals surface area contributed by atoms with Crippen molar-refractivity contribution in [1.29, 1.82) is 0 Å². The number of anilines is 1. The van der Waals surface area contributed by atoms with E-state index in [1.165, 1.54) is 11.5 Å². The molecule has 0 aliphatic rings. The Balaban J connectivity index is 0.000000490. The standard InChI is InChI=1S/C3H3BrN2S.ClH/c4-2-1-3(5)6-7-2;/h1H,(H2,5,6);1H. The van der Waals surface area contributed by atoms with Crippen LogP contribution in [0.15, 0.2) is 9.85 Å². The second kappa shape index (κ2) is 3.27. The summed E-state index contributed by atoms with van der Waals surface area (Å²) in [4.78, 5) is 0. The molecule has 0 saturated heterocycles. The van der Waals surface area contributed by atoms with E-state index in [1.807, 2.05) is 0 Å². The van der Waals surface area contributed by atoms with Crippen molar-refractivity contribution in [2.75, 3.05) is 5.73 Å². The largest absolute Gasteiger partial charge is 0.383 e. The van der Waals surface area contributed by atoms with Crippen LogP contribution in [0.1, 0.15) is 0 Å². The van der Waals surface area contributed by atoms with Crippen molar-refractivity contribution in [3.63, 3.8) is 0 Å². The van der Waals surface area contributed by atoms with Crippen LogP contribution < -0.4 is 5.73 Å². The van der Waals surface area contributed by atoms with Crippen LogP contribution in [0.2, 0.25) is 0 Å². The number of nitrogens with zero attached hydrogens (tertiary/aromatic N) is 1. The molecular formula is C3H4BrClN2S. The Bertz CT molecular complexity index is 150. The summed E-state index contributed by atoms with van der Waals surface area (Å²) in [5.74, 6) is 0.580. The molecule has 1 aromatic rings. The summed E-state index contributed by atoms with van der Waals surface area (Å²) < 4.78 is 4.77. The van der Waals surface area contributed by atoms with E-state index in [-0.39, 0.29) is 12.4 Å². The maximum Gasteiger partial charge on any atom is 0.138 e. The lowest BCUT2D eigenvalue weighted by atomic mass is 10.7. The van der Waals surface area contributed by atoms with Gasteiger partial charge in [-0.3, -0.25) is 0 Å². The second-order valence-corrected chi connectivity index (χ2v) is 3.24. The summed E-state index contributed by atoms with van der Waals surface area (Å²) in [7, 11) is 0. The first-order valence-corrected chi connectivity index (χ1v) is 3.23. The van der Waals surface area contributed by atoms with Crippen LogP contribution in [0.25, 0.3) is 0 Å². The average molecular weight is 216 g/mol. The SMILES string of the molecule is Cl.Nc1cc(Br)sn1. The average Bonchev–Trinajstić information content (AvgIpc) is 1.87. The molecule has 0 amide bonds. The highest BCUT2D eigenvalue weighted by molar-refractivity contribution is 9.11. The molecule has 8 heavy (non-hydrogen) atoms. The van der Waals surface area contributed by atoms with Gasteiger partial charge in [0.05, 0.1) is 3.79 Å². The maximum absolute atomic E-state index is 5.25. The van der Waals surface area contributed by atoms with Crippen molar-refractivity contribution < 1.29 is 0 Å². The lowest BCUT2D eigenvalue weighted by Crippen LogP contribution is -1.79. The van der Waals surface area contributed by atoms with E-state index in [0.29, 0.717) is 5.82 Å². The third-order valence-electron chi connectivity index (χ3n) is 0.500. The van der Waals surface area contributed by atoms with Gasteiger partial charge in [-0.1, -0.05) is 0 Å². The van der Waals surface area contributed by atoms with E-state index in [0.717, 1.165) is 3.79 Å². The molecule has 2 N–H and O–H groups in total. The fourth-order valence-electron chi connectivity index (χ4n) is 0.265. The first kappa shape index (κ1) is 8.20. The van der Waals surface area contributed by atoms with Gasteiger partial charge in [0, 0.05) is 6.07 Å². The van der Waals surface area contributed by atoms with Gasteiger partial charge in [0.15, 0.2) is 0 Å². The molecule has 0 atom stereocenters. The lowest BCUT2D eigenvalue weighted by molar-refractivity contribution is 1.56. The molecule has 0 unspecified atom stereocenters. The Labute approximate surface area is 65.8 Å². The molecule has 0 radical (unpaired) electrons. The molecule has 0 saturated carbocycles. The van der Waals surface area contributed by atoms with Gasteiger partial charge in [0.1, 0.15) is 5.82 Å². The Kier molecular flexibility index (Phi) is 3.35. The lowest BCUT2D eigenvalue weighted by Gasteiger charge is -1.68. The fourth-order valence-corrected chi connectivity index (χ4v) is 1.14. The van der Waals surface area contributed by atoms with E-state index in [9.17, 15) is 0 Å². The van der Waals surface area contributed by atoms with Crippen LogP contribution in [0.3, 0.4) is 0 Å². The molecule has 1 rings (SSSR count). The predicted octanol–water partition coefficient (Wildman–Crippen LogP) is 1.91. The Morgan fingerprint density at radius 3 is 2.50 bits per heavy atom. The zero-order chi connectivity index (χ0) is 5.28. The summed E-state index contributed by atoms with van der Waals surface area (Å²) in [6.07, 6.45) is 0. The fraction of sp³-hybridized carbons (Fsp3) is 0. The number of nitrogens with two attached hydrogens (primary N) is 1. The number of rotatable bonds is 0. The van der Waals surface area contributed by atoms with Crippen molar-refractivity contribution in [1.82, 2.24) is 4.37 Å². The smallest absolute Gasteiger partial charge is 0.138 e. The third-order valence-corrected chi connectivity index (χ3v) is 1.76. The van der Waals surface area contributed by atoms with Gasteiger partial charge < -0.3 is 5.73 Å². The summed E-state index contributed by atoms with van der Waals surface area (Å²) in [6.45, 7) is 0. The molecule has 0 fully saturated rings. The van der Waals surface area contributed by atoms with E-state index < -0.39 is 0 Å². The predicted molar refractivity (Wildman–Crippen MR) is 41.5 cm³/mol. The van der Waals surface area contributed by atoms with Gasteiger partial charge >= 0.3 is 0 Å². The van der Waals surface area contributed by atoms with E-state index in [1.54, 1.807) is 6.07 Å². The molecule has 0 spiro atoms. The first-order valence-electron chi connectivity index (χ1n) is 1.67. The Morgan fingerprint density at radius 2 is 2.38 bits per heavy atom. The topological polar surface area (TPSA) is 38.9 Å². The number of hydrogen-bond donors (Lipinski definition) is 1. The normalized spacial score (nSPS) is 8.12. The summed E-state index contributed by atoms with van der Waals surface area (Å²) >= 11 is 4.55. The van der Waals surface area contributed by atoms with Crippen molar-refractivity contribution in [3.05, 3.63) is 9.85 Å². The molecule has 0 aliphatic heterocycles. The zero-order valence-electron chi connectivity index (χ0n) is 3.80.